The van der Waals surface area contributed by atoms with Crippen LogP contribution in [0.1, 0.15) is 24.2 Å². The van der Waals surface area contributed by atoms with Gasteiger partial charge < -0.3 is 5.11 Å². The fraction of sp³-hybridized carbons (Fsp3) is 0.417. The molecule has 0 saturated carbocycles. The summed E-state index contributed by atoms with van der Waals surface area (Å²) in [6.07, 6.45) is -0.806. The molecule has 0 bridgehead atoms. The van der Waals surface area contributed by atoms with Crippen molar-refractivity contribution in [3.05, 3.63) is 35.9 Å². The molecule has 0 spiro atoms. The van der Waals surface area contributed by atoms with Crippen LogP contribution in [0.25, 0.3) is 0 Å². The van der Waals surface area contributed by atoms with E-state index >= 15 is 0 Å². The maximum atomic E-state index is 11.8. The lowest BCUT2D eigenvalue weighted by Crippen LogP contribution is -2.33. The fourth-order valence-electron chi connectivity index (χ4n) is 1.25. The van der Waals surface area contributed by atoms with Crippen LogP contribution in [-0.2, 0) is 0 Å². The molecular weight excluding hydrogens is 212 g/mol. The predicted molar refractivity (Wildman–Crippen MR) is 61.3 cm³/mol. The van der Waals surface area contributed by atoms with Crippen molar-refractivity contribution < 1.29 is 9.90 Å². The summed E-state index contributed by atoms with van der Waals surface area (Å²) in [4.78, 5) is 11.8. The van der Waals surface area contributed by atoms with Gasteiger partial charge in [0, 0.05) is 5.56 Å². The SMILES string of the molecule is CC(C)C(O)C(Cl)C(=O)c1ccccc1. The molecule has 0 aliphatic carbocycles. The predicted octanol–water partition coefficient (Wildman–Crippen LogP) is 2.49. The lowest BCUT2D eigenvalue weighted by Gasteiger charge is -2.19. The van der Waals surface area contributed by atoms with Gasteiger partial charge >= 0.3 is 0 Å². The maximum absolute atomic E-state index is 11.8. The Labute approximate surface area is 94.9 Å². The summed E-state index contributed by atoms with van der Waals surface area (Å²) in [7, 11) is 0. The van der Waals surface area contributed by atoms with E-state index < -0.39 is 11.5 Å². The van der Waals surface area contributed by atoms with Crippen molar-refractivity contribution in [2.45, 2.75) is 25.3 Å². The number of Topliss-reactive ketones (excluding diaryl/α,β-unsaturated/α-hetero) is 1. The van der Waals surface area contributed by atoms with Gasteiger partial charge in [-0.05, 0) is 5.92 Å². The second-order valence-electron chi connectivity index (χ2n) is 3.87. The molecule has 1 aromatic carbocycles. The van der Waals surface area contributed by atoms with Crippen LogP contribution in [-0.4, -0.2) is 22.4 Å². The molecule has 2 atom stereocenters. The Balaban J connectivity index is 2.78. The maximum Gasteiger partial charge on any atom is 0.183 e. The van der Waals surface area contributed by atoms with E-state index in [2.05, 4.69) is 0 Å². The molecule has 0 heterocycles. The average Bonchev–Trinajstić information content (AvgIpc) is 2.27. The molecule has 82 valence electrons. The normalized spacial score (nSPS) is 15.0. The Morgan fingerprint density at radius 1 is 1.27 bits per heavy atom. The van der Waals surface area contributed by atoms with Crippen molar-refractivity contribution in [3.8, 4) is 0 Å². The number of aliphatic hydroxyl groups is 1. The number of halogens is 1. The van der Waals surface area contributed by atoms with Crippen LogP contribution < -0.4 is 0 Å². The minimum atomic E-state index is -0.868. The molecule has 2 unspecified atom stereocenters. The second kappa shape index (κ2) is 5.29. The van der Waals surface area contributed by atoms with Gasteiger partial charge in [-0.3, -0.25) is 4.79 Å². The molecule has 0 aromatic heterocycles. The number of aliphatic hydroxyl groups excluding tert-OH is 1. The van der Waals surface area contributed by atoms with Crippen LogP contribution in [0, 0.1) is 5.92 Å². The fourth-order valence-corrected chi connectivity index (χ4v) is 1.67. The van der Waals surface area contributed by atoms with Crippen LogP contribution in [0.15, 0.2) is 30.3 Å². The first-order chi connectivity index (χ1) is 7.04. The van der Waals surface area contributed by atoms with Gasteiger partial charge in [-0.15, -0.1) is 11.6 Å². The highest BCUT2D eigenvalue weighted by Crippen LogP contribution is 2.17. The van der Waals surface area contributed by atoms with Gasteiger partial charge in [0.1, 0.15) is 5.38 Å². The highest BCUT2D eigenvalue weighted by atomic mass is 35.5. The lowest BCUT2D eigenvalue weighted by atomic mass is 9.98. The zero-order valence-corrected chi connectivity index (χ0v) is 9.61. The number of ketones is 1. The van der Waals surface area contributed by atoms with Gasteiger partial charge in [0.2, 0.25) is 0 Å². The lowest BCUT2D eigenvalue weighted by molar-refractivity contribution is 0.0807. The van der Waals surface area contributed by atoms with E-state index in [1.807, 2.05) is 19.9 Å². The molecule has 0 aliphatic heterocycles. The number of carbonyl (C=O) groups is 1. The standard InChI is InChI=1S/C12H15ClO2/c1-8(2)11(14)10(13)12(15)9-6-4-3-5-7-9/h3-8,10-11,14H,1-2H3. The molecule has 0 radical (unpaired) electrons. The molecule has 1 aromatic rings. The Morgan fingerprint density at radius 3 is 2.27 bits per heavy atom. The van der Waals surface area contributed by atoms with Crippen molar-refractivity contribution in [2.24, 2.45) is 5.92 Å². The van der Waals surface area contributed by atoms with Gasteiger partial charge in [-0.2, -0.15) is 0 Å². The molecule has 0 saturated heterocycles. The highest BCUT2D eigenvalue weighted by Gasteiger charge is 2.27. The number of alkyl halides is 1. The van der Waals surface area contributed by atoms with Gasteiger partial charge in [-0.25, -0.2) is 0 Å². The van der Waals surface area contributed by atoms with Crippen LogP contribution in [0.4, 0.5) is 0 Å². The number of carbonyl (C=O) groups excluding carboxylic acids is 1. The molecule has 0 fully saturated rings. The largest absolute Gasteiger partial charge is 0.391 e. The van der Waals surface area contributed by atoms with E-state index in [1.165, 1.54) is 0 Å². The van der Waals surface area contributed by atoms with E-state index in [0.717, 1.165) is 0 Å². The van der Waals surface area contributed by atoms with Crippen molar-refractivity contribution in [3.63, 3.8) is 0 Å². The smallest absolute Gasteiger partial charge is 0.183 e. The summed E-state index contributed by atoms with van der Waals surface area (Å²) in [6, 6.07) is 8.78. The summed E-state index contributed by atoms with van der Waals surface area (Å²) in [5.74, 6) is -0.251. The monoisotopic (exact) mass is 226 g/mol. The minimum Gasteiger partial charge on any atom is -0.391 e. The minimum absolute atomic E-state index is 0.0276. The first-order valence-corrected chi connectivity index (χ1v) is 5.39. The molecule has 15 heavy (non-hydrogen) atoms. The van der Waals surface area contributed by atoms with Crippen molar-refractivity contribution >= 4 is 17.4 Å². The Kier molecular flexibility index (Phi) is 4.30. The van der Waals surface area contributed by atoms with E-state index in [0.29, 0.717) is 5.56 Å². The molecule has 1 N–H and O–H groups in total. The first kappa shape index (κ1) is 12.2. The summed E-state index contributed by atoms with van der Waals surface area (Å²) >= 11 is 5.91. The molecule has 0 aliphatic rings. The molecular formula is C12H15ClO2. The van der Waals surface area contributed by atoms with Crippen molar-refractivity contribution in [1.82, 2.24) is 0 Å². The van der Waals surface area contributed by atoms with E-state index in [4.69, 9.17) is 11.6 Å². The van der Waals surface area contributed by atoms with Crippen LogP contribution >= 0.6 is 11.6 Å². The third-order valence-corrected chi connectivity index (χ3v) is 2.75. The van der Waals surface area contributed by atoms with E-state index in [9.17, 15) is 9.90 Å². The number of hydrogen-bond donors (Lipinski definition) is 1. The van der Waals surface area contributed by atoms with Crippen LogP contribution in [0.2, 0.25) is 0 Å². The van der Waals surface area contributed by atoms with Gasteiger partial charge in [0.15, 0.2) is 5.78 Å². The van der Waals surface area contributed by atoms with Crippen LogP contribution in [0.3, 0.4) is 0 Å². The zero-order valence-electron chi connectivity index (χ0n) is 8.85. The first-order valence-electron chi connectivity index (χ1n) is 4.95. The Hall–Kier alpha value is -0.860. The zero-order chi connectivity index (χ0) is 11.4. The topological polar surface area (TPSA) is 37.3 Å². The molecule has 1 rings (SSSR count). The molecule has 2 nitrogen and oxygen atoms in total. The summed E-state index contributed by atoms with van der Waals surface area (Å²) in [6.45, 7) is 3.66. The number of hydrogen-bond acceptors (Lipinski definition) is 2. The summed E-state index contributed by atoms with van der Waals surface area (Å²) < 4.78 is 0. The molecule has 0 amide bonds. The summed E-state index contributed by atoms with van der Waals surface area (Å²) in [5, 5.41) is 8.81. The summed E-state index contributed by atoms with van der Waals surface area (Å²) in [5.41, 5.74) is 0.539. The van der Waals surface area contributed by atoms with Crippen LogP contribution in [0.5, 0.6) is 0 Å². The second-order valence-corrected chi connectivity index (χ2v) is 4.34. The van der Waals surface area contributed by atoms with Gasteiger partial charge in [-0.1, -0.05) is 44.2 Å². The van der Waals surface area contributed by atoms with Crippen molar-refractivity contribution in [2.75, 3.05) is 0 Å². The van der Waals surface area contributed by atoms with Gasteiger partial charge in [0.25, 0.3) is 0 Å². The van der Waals surface area contributed by atoms with Gasteiger partial charge in [0.05, 0.1) is 6.10 Å². The Bertz CT molecular complexity index is 322. The number of benzene rings is 1. The van der Waals surface area contributed by atoms with E-state index in [-0.39, 0.29) is 11.7 Å². The Morgan fingerprint density at radius 2 is 1.80 bits per heavy atom. The van der Waals surface area contributed by atoms with Crippen molar-refractivity contribution in [1.29, 1.82) is 0 Å². The quantitative estimate of drug-likeness (QED) is 0.633. The van der Waals surface area contributed by atoms with E-state index in [1.54, 1.807) is 24.3 Å². The third kappa shape index (κ3) is 3.05. The average molecular weight is 227 g/mol. The number of rotatable bonds is 4. The third-order valence-electron chi connectivity index (χ3n) is 2.29. The molecule has 3 heteroatoms. The highest BCUT2D eigenvalue weighted by molar-refractivity contribution is 6.34.